The van der Waals surface area contributed by atoms with Gasteiger partial charge in [0.15, 0.2) is 0 Å². The van der Waals surface area contributed by atoms with E-state index in [0.29, 0.717) is 18.8 Å². The van der Waals surface area contributed by atoms with Crippen molar-refractivity contribution in [3.05, 3.63) is 36.0 Å². The first-order valence-corrected chi connectivity index (χ1v) is 6.65. The number of nitrogens with zero attached hydrogens (tertiary/aromatic N) is 1. The molecule has 1 amide bonds. The molecule has 2 rings (SSSR count). The maximum Gasteiger partial charge on any atom is 0.309 e. The van der Waals surface area contributed by atoms with Crippen LogP contribution in [0.25, 0.3) is 10.9 Å². The lowest BCUT2D eigenvalue weighted by molar-refractivity contribution is -0.136. The van der Waals surface area contributed by atoms with Crippen LogP contribution < -0.4 is 10.6 Å². The van der Waals surface area contributed by atoms with Crippen molar-refractivity contribution in [3.63, 3.8) is 0 Å². The van der Waals surface area contributed by atoms with Crippen molar-refractivity contribution in [1.29, 1.82) is 0 Å². The van der Waals surface area contributed by atoms with Gasteiger partial charge in [0, 0.05) is 31.1 Å². The van der Waals surface area contributed by atoms with Crippen molar-refractivity contribution in [2.45, 2.75) is 13.3 Å². The summed E-state index contributed by atoms with van der Waals surface area (Å²) < 4.78 is 0. The number of carboxylic acids is 1. The van der Waals surface area contributed by atoms with E-state index in [1.54, 1.807) is 6.07 Å². The van der Waals surface area contributed by atoms with Gasteiger partial charge in [-0.1, -0.05) is 18.2 Å². The number of para-hydroxylation sites is 1. The number of carboxylic acid groups (broad SMARTS) is 1. The van der Waals surface area contributed by atoms with E-state index in [1.807, 2.05) is 24.3 Å². The zero-order valence-corrected chi connectivity index (χ0v) is 11.7. The Morgan fingerprint density at radius 1 is 1.24 bits per heavy atom. The number of carbonyl (C=O) groups is 2. The van der Waals surface area contributed by atoms with Gasteiger partial charge in [-0.2, -0.15) is 0 Å². The first-order chi connectivity index (χ1) is 10.1. The third-order valence-corrected chi connectivity index (χ3v) is 2.92. The zero-order chi connectivity index (χ0) is 15.2. The van der Waals surface area contributed by atoms with Gasteiger partial charge in [0.2, 0.25) is 5.91 Å². The van der Waals surface area contributed by atoms with Gasteiger partial charge in [-0.25, -0.2) is 0 Å². The maximum absolute atomic E-state index is 10.8. The zero-order valence-electron chi connectivity index (χ0n) is 11.7. The number of rotatable bonds is 6. The predicted octanol–water partition coefficient (Wildman–Crippen LogP) is 1.41. The molecule has 0 unspecified atom stereocenters. The van der Waals surface area contributed by atoms with Crippen molar-refractivity contribution in [1.82, 2.24) is 10.3 Å². The lowest BCUT2D eigenvalue weighted by Gasteiger charge is -2.11. The van der Waals surface area contributed by atoms with E-state index in [0.717, 1.165) is 16.6 Å². The van der Waals surface area contributed by atoms with Gasteiger partial charge in [-0.15, -0.1) is 0 Å². The van der Waals surface area contributed by atoms with E-state index in [-0.39, 0.29) is 12.3 Å². The molecule has 21 heavy (non-hydrogen) atoms. The van der Waals surface area contributed by atoms with Crippen LogP contribution in [0, 0.1) is 0 Å². The first kappa shape index (κ1) is 14.8. The molecule has 6 heteroatoms. The molecular weight excluding hydrogens is 270 g/mol. The molecular formula is C15H17N3O3. The SMILES string of the molecule is CC(=O)NCCNc1cc(CC(=O)O)nc2ccccc12. The number of carbonyl (C=O) groups excluding carboxylic acids is 1. The number of aliphatic carboxylic acids is 1. The molecule has 2 aromatic rings. The normalized spacial score (nSPS) is 10.3. The highest BCUT2D eigenvalue weighted by atomic mass is 16.4. The summed E-state index contributed by atoms with van der Waals surface area (Å²) in [4.78, 5) is 26.0. The number of fused-ring (bicyclic) bond motifs is 1. The Kier molecular flexibility index (Phi) is 4.71. The molecule has 0 aliphatic carbocycles. The maximum atomic E-state index is 10.8. The fraction of sp³-hybridized carbons (Fsp3) is 0.267. The van der Waals surface area contributed by atoms with E-state index < -0.39 is 5.97 Å². The van der Waals surface area contributed by atoms with Crippen molar-refractivity contribution in [2.75, 3.05) is 18.4 Å². The summed E-state index contributed by atoms with van der Waals surface area (Å²) in [6.45, 7) is 2.52. The summed E-state index contributed by atoms with van der Waals surface area (Å²) in [6, 6.07) is 9.28. The third-order valence-electron chi connectivity index (χ3n) is 2.92. The van der Waals surface area contributed by atoms with Crippen LogP contribution in [0.5, 0.6) is 0 Å². The van der Waals surface area contributed by atoms with Gasteiger partial charge >= 0.3 is 5.97 Å². The van der Waals surface area contributed by atoms with E-state index in [4.69, 9.17) is 5.11 Å². The van der Waals surface area contributed by atoms with Gasteiger partial charge < -0.3 is 15.7 Å². The quantitative estimate of drug-likeness (QED) is 0.699. The Morgan fingerprint density at radius 3 is 2.71 bits per heavy atom. The average Bonchev–Trinajstić information content (AvgIpc) is 2.42. The minimum Gasteiger partial charge on any atom is -0.481 e. The summed E-state index contributed by atoms with van der Waals surface area (Å²) in [7, 11) is 0. The number of benzene rings is 1. The molecule has 6 nitrogen and oxygen atoms in total. The van der Waals surface area contributed by atoms with Crippen LogP contribution in [0.4, 0.5) is 5.69 Å². The minimum absolute atomic E-state index is 0.0806. The number of nitrogens with one attached hydrogen (secondary N) is 2. The molecule has 110 valence electrons. The van der Waals surface area contributed by atoms with Crippen LogP contribution in [0.2, 0.25) is 0 Å². The summed E-state index contributed by atoms with van der Waals surface area (Å²) in [5, 5.41) is 15.7. The molecule has 0 bridgehead atoms. The Labute approximate surface area is 122 Å². The van der Waals surface area contributed by atoms with Crippen LogP contribution in [-0.2, 0) is 16.0 Å². The van der Waals surface area contributed by atoms with Crippen molar-refractivity contribution in [3.8, 4) is 0 Å². The van der Waals surface area contributed by atoms with Crippen LogP contribution in [-0.4, -0.2) is 35.1 Å². The van der Waals surface area contributed by atoms with Crippen LogP contribution in [0.3, 0.4) is 0 Å². The van der Waals surface area contributed by atoms with E-state index in [1.165, 1.54) is 6.92 Å². The van der Waals surface area contributed by atoms with E-state index >= 15 is 0 Å². The van der Waals surface area contributed by atoms with Gasteiger partial charge in [0.1, 0.15) is 0 Å². The van der Waals surface area contributed by atoms with E-state index in [9.17, 15) is 9.59 Å². The standard InChI is InChI=1S/C15H17N3O3/c1-10(19)16-6-7-17-14-8-11(9-15(20)21)18-13-5-3-2-4-12(13)14/h2-5,8H,6-7,9H2,1H3,(H,16,19)(H,17,18)(H,20,21). The fourth-order valence-electron chi connectivity index (χ4n) is 2.06. The highest BCUT2D eigenvalue weighted by molar-refractivity contribution is 5.91. The monoisotopic (exact) mass is 287 g/mol. The van der Waals surface area contributed by atoms with Crippen LogP contribution in [0.15, 0.2) is 30.3 Å². The minimum atomic E-state index is -0.915. The lowest BCUT2D eigenvalue weighted by Crippen LogP contribution is -2.26. The Bertz CT molecular complexity index is 670. The summed E-state index contributed by atoms with van der Waals surface area (Å²) in [5.41, 5.74) is 2.07. The highest BCUT2D eigenvalue weighted by Crippen LogP contribution is 2.23. The molecule has 0 aliphatic heterocycles. The highest BCUT2D eigenvalue weighted by Gasteiger charge is 2.08. The molecule has 0 atom stereocenters. The molecule has 1 aromatic heterocycles. The van der Waals surface area contributed by atoms with E-state index in [2.05, 4.69) is 15.6 Å². The second-order valence-electron chi connectivity index (χ2n) is 4.66. The molecule has 0 fully saturated rings. The third kappa shape index (κ3) is 4.17. The molecule has 0 saturated carbocycles. The number of hydrogen-bond acceptors (Lipinski definition) is 4. The molecule has 0 radical (unpaired) electrons. The fourth-order valence-corrected chi connectivity index (χ4v) is 2.06. The van der Waals surface area contributed by atoms with Crippen LogP contribution in [0.1, 0.15) is 12.6 Å². The van der Waals surface area contributed by atoms with Gasteiger partial charge in [0.25, 0.3) is 0 Å². The van der Waals surface area contributed by atoms with Gasteiger partial charge in [-0.05, 0) is 12.1 Å². The predicted molar refractivity (Wildman–Crippen MR) is 80.3 cm³/mol. The topological polar surface area (TPSA) is 91.3 Å². The lowest BCUT2D eigenvalue weighted by atomic mass is 10.1. The number of aromatic nitrogens is 1. The molecule has 1 heterocycles. The largest absolute Gasteiger partial charge is 0.481 e. The number of hydrogen-bond donors (Lipinski definition) is 3. The molecule has 0 saturated heterocycles. The van der Waals surface area contributed by atoms with Gasteiger partial charge in [0.05, 0.1) is 17.6 Å². The number of pyridine rings is 1. The van der Waals surface area contributed by atoms with Crippen molar-refractivity contribution in [2.24, 2.45) is 0 Å². The molecule has 0 spiro atoms. The molecule has 3 N–H and O–H groups in total. The first-order valence-electron chi connectivity index (χ1n) is 6.65. The smallest absolute Gasteiger partial charge is 0.309 e. The summed E-state index contributed by atoms with van der Waals surface area (Å²) >= 11 is 0. The molecule has 1 aromatic carbocycles. The Hall–Kier alpha value is -2.63. The Balaban J connectivity index is 2.22. The molecule has 0 aliphatic rings. The second kappa shape index (κ2) is 6.69. The van der Waals surface area contributed by atoms with Crippen molar-refractivity contribution < 1.29 is 14.7 Å². The Morgan fingerprint density at radius 2 is 2.00 bits per heavy atom. The number of anilines is 1. The summed E-state index contributed by atoms with van der Waals surface area (Å²) in [6.07, 6.45) is -0.120. The number of amides is 1. The van der Waals surface area contributed by atoms with Gasteiger partial charge in [-0.3, -0.25) is 14.6 Å². The van der Waals surface area contributed by atoms with Crippen LogP contribution >= 0.6 is 0 Å². The second-order valence-corrected chi connectivity index (χ2v) is 4.66. The van der Waals surface area contributed by atoms with Crippen molar-refractivity contribution >= 4 is 28.5 Å². The summed E-state index contributed by atoms with van der Waals surface area (Å²) in [5.74, 6) is -0.995. The average molecular weight is 287 g/mol.